The van der Waals surface area contributed by atoms with Crippen molar-refractivity contribution in [1.82, 2.24) is 5.43 Å². The number of nitrogens with zero attached hydrogens (tertiary/aromatic N) is 2. The van der Waals surface area contributed by atoms with Gasteiger partial charge in [0.15, 0.2) is 10.3 Å². The molecule has 2 aromatic carbocycles. The number of hydrazone groups is 1. The highest BCUT2D eigenvalue weighted by molar-refractivity contribution is 7.37. The minimum absolute atomic E-state index is 0.0215. The van der Waals surface area contributed by atoms with Gasteiger partial charge in [0.2, 0.25) is 0 Å². The maximum Gasteiger partial charge on any atom is 0.342 e. The van der Waals surface area contributed by atoms with Crippen LogP contribution in [0, 0.1) is 10.1 Å². The van der Waals surface area contributed by atoms with Gasteiger partial charge < -0.3 is 10.2 Å². The predicted molar refractivity (Wildman–Crippen MR) is 128 cm³/mol. The van der Waals surface area contributed by atoms with Crippen LogP contribution >= 0.6 is 10.5 Å². The lowest BCUT2D eigenvalue weighted by Crippen LogP contribution is -2.20. The molecule has 176 valence electrons. The Kier molecular flexibility index (Phi) is 6.83. The highest BCUT2D eigenvalue weighted by Gasteiger charge is 2.22. The molecule has 0 aliphatic heterocycles. The highest BCUT2D eigenvalue weighted by atomic mass is 32.2. The number of thiophene rings is 1. The Hall–Kier alpha value is -4.05. The van der Waals surface area contributed by atoms with E-state index in [1.165, 1.54) is 5.56 Å². The van der Waals surface area contributed by atoms with E-state index in [1.807, 2.05) is 24.3 Å². The number of rotatable bonds is 6. The maximum absolute atomic E-state index is 12.5. The Morgan fingerprint density at radius 2 is 1.71 bits per heavy atom. The average molecular weight is 482 g/mol. The number of amides is 1. The van der Waals surface area contributed by atoms with Gasteiger partial charge in [0, 0.05) is 27.7 Å². The van der Waals surface area contributed by atoms with Crippen LogP contribution in [0.1, 0.15) is 59.5 Å². The second-order valence-electron chi connectivity index (χ2n) is 8.59. The zero-order valence-electron chi connectivity index (χ0n) is 19.0. The van der Waals surface area contributed by atoms with Crippen LogP contribution in [-0.4, -0.2) is 27.6 Å². The van der Waals surface area contributed by atoms with E-state index in [2.05, 4.69) is 31.3 Å². The lowest BCUT2D eigenvalue weighted by Gasteiger charge is -2.18. The van der Waals surface area contributed by atoms with Gasteiger partial charge in [-0.15, -0.1) is 0 Å². The minimum Gasteiger partial charge on any atom is -0.869 e. The molecule has 1 aromatic heterocycles. The number of carboxylic acids is 1. The molecular formula is C24H23N3O6S. The van der Waals surface area contributed by atoms with Gasteiger partial charge in [0.25, 0.3) is 11.6 Å². The fourth-order valence-electron chi connectivity index (χ4n) is 3.17. The summed E-state index contributed by atoms with van der Waals surface area (Å²) in [7, 11) is -0.533. The third-order valence-electron chi connectivity index (χ3n) is 5.14. The van der Waals surface area contributed by atoms with E-state index in [0.29, 0.717) is 5.56 Å². The Labute approximate surface area is 198 Å². The molecule has 10 heteroatoms. The van der Waals surface area contributed by atoms with E-state index >= 15 is 0 Å². The third kappa shape index (κ3) is 5.29. The molecule has 1 atom stereocenters. The van der Waals surface area contributed by atoms with E-state index < -0.39 is 38.5 Å². The molecule has 0 fully saturated rings. The number of carbonyl (C=O) groups excluding carboxylic acids is 1. The Balaban J connectivity index is 1.80. The van der Waals surface area contributed by atoms with E-state index in [9.17, 15) is 24.8 Å². The molecule has 2 N–H and O–H groups in total. The molecule has 9 nitrogen and oxygen atoms in total. The lowest BCUT2D eigenvalue weighted by molar-refractivity contribution is -0.385. The molecule has 0 bridgehead atoms. The zero-order chi connectivity index (χ0) is 25.2. The summed E-state index contributed by atoms with van der Waals surface area (Å²) in [4.78, 5) is 34.8. The van der Waals surface area contributed by atoms with Crippen molar-refractivity contribution in [3.8, 4) is 10.6 Å². The summed E-state index contributed by atoms with van der Waals surface area (Å²) in [6, 6.07) is 11.1. The molecule has 34 heavy (non-hydrogen) atoms. The maximum atomic E-state index is 12.5. The first kappa shape index (κ1) is 24.6. The standard InChI is InChI=1S/C24H23N3O6S/c1-14(25-26-22(29)15-5-10-18(23(30)31)20(11-15)27(32)33)19-12-34(13-21(19)28)17-8-6-16(7-9-17)24(2,3)4/h5-13H,1-4H3,(H2-,26,28,29,30,31). The molecule has 3 rings (SSSR count). The van der Waals surface area contributed by atoms with Crippen molar-refractivity contribution in [2.75, 3.05) is 0 Å². The summed E-state index contributed by atoms with van der Waals surface area (Å²) in [5.74, 6) is -2.45. The first-order chi connectivity index (χ1) is 15.9. The van der Waals surface area contributed by atoms with Crippen LogP contribution in [-0.2, 0) is 5.41 Å². The zero-order valence-corrected chi connectivity index (χ0v) is 19.8. The molecule has 0 spiro atoms. The van der Waals surface area contributed by atoms with Gasteiger partial charge in [-0.2, -0.15) is 5.10 Å². The molecule has 1 amide bonds. The third-order valence-corrected chi connectivity index (χ3v) is 6.91. The normalized spacial score (nSPS) is 12.4. The quantitative estimate of drug-likeness (QED) is 0.228. The summed E-state index contributed by atoms with van der Waals surface area (Å²) >= 11 is 0. The second kappa shape index (κ2) is 9.44. The van der Waals surface area contributed by atoms with Crippen LogP contribution in [0.5, 0.6) is 5.75 Å². The topological polar surface area (TPSA) is 145 Å². The number of nitrogens with one attached hydrogen (secondary N) is 1. The van der Waals surface area contributed by atoms with Crippen molar-refractivity contribution in [3.05, 3.63) is 85.6 Å². The van der Waals surface area contributed by atoms with Crippen LogP contribution in [0.3, 0.4) is 0 Å². The molecule has 0 aliphatic rings. The number of aromatic carboxylic acids is 1. The van der Waals surface area contributed by atoms with Crippen LogP contribution in [0.25, 0.3) is 4.90 Å². The van der Waals surface area contributed by atoms with Gasteiger partial charge >= 0.3 is 5.97 Å². The van der Waals surface area contributed by atoms with Crippen LogP contribution in [0.4, 0.5) is 5.69 Å². The molecule has 3 aromatic rings. The number of carboxylic acid groups (broad SMARTS) is 1. The number of nitro groups is 1. The summed E-state index contributed by atoms with van der Waals surface area (Å²) in [6.07, 6.45) is 0. The van der Waals surface area contributed by atoms with E-state index in [0.717, 1.165) is 23.1 Å². The van der Waals surface area contributed by atoms with Crippen LogP contribution in [0.15, 0.2) is 58.3 Å². The fraction of sp³-hybridized carbons (Fsp3) is 0.208. The monoisotopic (exact) mass is 481 g/mol. The highest BCUT2D eigenvalue weighted by Crippen LogP contribution is 2.38. The number of hydrogen-bond acceptors (Lipinski definition) is 6. The summed E-state index contributed by atoms with van der Waals surface area (Å²) in [5, 5.41) is 40.1. The summed E-state index contributed by atoms with van der Waals surface area (Å²) in [6.45, 7) is 7.95. The molecule has 0 radical (unpaired) electrons. The second-order valence-corrected chi connectivity index (χ2v) is 10.3. The Bertz CT molecular complexity index is 1300. The number of hydrogen-bond donors (Lipinski definition) is 2. The van der Waals surface area contributed by atoms with Crippen molar-refractivity contribution >= 4 is 33.7 Å². The number of benzene rings is 2. The van der Waals surface area contributed by atoms with Gasteiger partial charge in [-0.25, -0.2) is 10.2 Å². The predicted octanol–water partition coefficient (Wildman–Crippen LogP) is 4.56. The van der Waals surface area contributed by atoms with Gasteiger partial charge in [-0.1, -0.05) is 32.9 Å². The average Bonchev–Trinajstić information content (AvgIpc) is 3.17. The number of nitro benzene ring substituents is 1. The van der Waals surface area contributed by atoms with Crippen molar-refractivity contribution < 1.29 is 24.7 Å². The van der Waals surface area contributed by atoms with Crippen molar-refractivity contribution in [2.24, 2.45) is 5.10 Å². The largest absolute Gasteiger partial charge is 0.869 e. The van der Waals surface area contributed by atoms with Crippen LogP contribution < -0.4 is 10.5 Å². The van der Waals surface area contributed by atoms with E-state index in [1.54, 1.807) is 17.7 Å². The minimum atomic E-state index is -1.47. The van der Waals surface area contributed by atoms with Crippen molar-refractivity contribution in [3.63, 3.8) is 0 Å². The van der Waals surface area contributed by atoms with E-state index in [4.69, 9.17) is 5.11 Å². The molecule has 0 saturated heterocycles. The Morgan fingerprint density at radius 3 is 2.26 bits per heavy atom. The van der Waals surface area contributed by atoms with Gasteiger partial charge in [-0.05, 0) is 47.9 Å². The first-order valence-corrected chi connectivity index (χ1v) is 11.5. The van der Waals surface area contributed by atoms with Gasteiger partial charge in [-0.3, -0.25) is 14.9 Å². The van der Waals surface area contributed by atoms with E-state index in [-0.39, 0.29) is 22.4 Å². The molecule has 1 heterocycles. The SMILES string of the molecule is CC(=NNC(=O)c1ccc(C(=O)O)c([N+](=O)[O-])c1)c1c[s+](-c2ccc(C(C)(C)C)cc2)cc1[O-]. The lowest BCUT2D eigenvalue weighted by atomic mass is 9.87. The molecule has 0 aliphatic carbocycles. The van der Waals surface area contributed by atoms with Gasteiger partial charge in [0.1, 0.15) is 10.9 Å². The fourth-order valence-corrected chi connectivity index (χ4v) is 4.86. The summed E-state index contributed by atoms with van der Waals surface area (Å²) < 4.78 is 0. The first-order valence-electron chi connectivity index (χ1n) is 10.2. The molecule has 1 unspecified atom stereocenters. The molecular weight excluding hydrogens is 458 g/mol. The smallest absolute Gasteiger partial charge is 0.342 e. The van der Waals surface area contributed by atoms with Crippen molar-refractivity contribution in [2.45, 2.75) is 33.1 Å². The van der Waals surface area contributed by atoms with Gasteiger partial charge in [0.05, 0.1) is 10.6 Å². The number of carbonyl (C=O) groups is 2. The van der Waals surface area contributed by atoms with Crippen LogP contribution in [0.2, 0.25) is 0 Å². The Morgan fingerprint density at radius 1 is 1.06 bits per heavy atom. The van der Waals surface area contributed by atoms with Crippen molar-refractivity contribution in [1.29, 1.82) is 0 Å². The molecule has 0 saturated carbocycles. The summed E-state index contributed by atoms with van der Waals surface area (Å²) in [5.41, 5.74) is 2.75.